The van der Waals surface area contributed by atoms with Crippen LogP contribution in [0.2, 0.25) is 0 Å². The monoisotopic (exact) mass is 412 g/mol. The zero-order chi connectivity index (χ0) is 20.5. The lowest BCUT2D eigenvalue weighted by Gasteiger charge is -2.32. The number of ether oxygens (including phenoxy) is 2. The molecule has 0 saturated heterocycles. The zero-order valence-corrected chi connectivity index (χ0v) is 17.5. The number of aliphatic imine (C=N–C) groups is 1. The van der Waals surface area contributed by atoms with Crippen molar-refractivity contribution in [3.8, 4) is 5.75 Å². The summed E-state index contributed by atoms with van der Waals surface area (Å²) in [6.45, 7) is 6.01. The van der Waals surface area contributed by atoms with Crippen LogP contribution in [-0.4, -0.2) is 44.9 Å². The molecule has 1 aliphatic carbocycles. The third-order valence-electron chi connectivity index (χ3n) is 5.52. The second-order valence-corrected chi connectivity index (χ2v) is 10.8. The van der Waals surface area contributed by atoms with Gasteiger partial charge < -0.3 is 15.2 Å². The summed E-state index contributed by atoms with van der Waals surface area (Å²) < 4.78 is 51.8. The minimum Gasteiger partial charge on any atom is -0.493 e. The molecule has 0 radical (unpaired) electrons. The summed E-state index contributed by atoms with van der Waals surface area (Å²) >= 11 is 0. The van der Waals surface area contributed by atoms with Gasteiger partial charge in [0, 0.05) is 5.56 Å². The Hall–Kier alpha value is -1.67. The van der Waals surface area contributed by atoms with E-state index in [2.05, 4.69) is 4.99 Å². The lowest BCUT2D eigenvalue weighted by Crippen LogP contribution is -2.48. The third kappa shape index (κ3) is 4.33. The summed E-state index contributed by atoms with van der Waals surface area (Å²) in [6, 6.07) is 4.30. The molecule has 2 aliphatic rings. The van der Waals surface area contributed by atoms with Crippen LogP contribution in [0.25, 0.3) is 0 Å². The maximum atomic E-state index is 14.8. The Balaban J connectivity index is 2.03. The molecule has 1 fully saturated rings. The van der Waals surface area contributed by atoms with E-state index >= 15 is 0 Å². The fourth-order valence-corrected chi connectivity index (χ4v) is 5.37. The van der Waals surface area contributed by atoms with Crippen LogP contribution in [0.15, 0.2) is 23.2 Å². The molecule has 1 aliphatic heterocycles. The van der Waals surface area contributed by atoms with Gasteiger partial charge in [-0.25, -0.2) is 12.8 Å². The van der Waals surface area contributed by atoms with Gasteiger partial charge in [0.25, 0.3) is 0 Å². The molecule has 28 heavy (non-hydrogen) atoms. The lowest BCUT2D eigenvalue weighted by atomic mass is 10.1. The smallest absolute Gasteiger partial charge is 0.169 e. The Labute approximate surface area is 166 Å². The molecule has 0 bridgehead atoms. The second-order valence-electron chi connectivity index (χ2n) is 8.17. The molecular weight excluding hydrogens is 383 g/mol. The predicted molar refractivity (Wildman–Crippen MR) is 107 cm³/mol. The molecule has 156 valence electrons. The summed E-state index contributed by atoms with van der Waals surface area (Å²) in [5.74, 6) is 0.443. The Morgan fingerprint density at radius 3 is 2.75 bits per heavy atom. The maximum Gasteiger partial charge on any atom is 0.169 e. The normalized spacial score (nSPS) is 27.6. The number of sulfone groups is 1. The van der Waals surface area contributed by atoms with Gasteiger partial charge in [0.2, 0.25) is 0 Å². The van der Waals surface area contributed by atoms with Gasteiger partial charge in [0.15, 0.2) is 9.84 Å². The highest BCUT2D eigenvalue weighted by molar-refractivity contribution is 7.93. The van der Waals surface area contributed by atoms with Gasteiger partial charge in [-0.2, -0.15) is 0 Å². The highest BCUT2D eigenvalue weighted by Gasteiger charge is 2.46. The molecule has 8 heteroatoms. The molecule has 0 amide bonds. The molecule has 1 saturated carbocycles. The first-order valence-corrected chi connectivity index (χ1v) is 11.2. The summed E-state index contributed by atoms with van der Waals surface area (Å²) in [4.78, 5) is 4.16. The summed E-state index contributed by atoms with van der Waals surface area (Å²) in [7, 11) is -3.93. The van der Waals surface area contributed by atoms with Crippen molar-refractivity contribution in [2.45, 2.75) is 56.1 Å². The summed E-state index contributed by atoms with van der Waals surface area (Å²) in [6.07, 6.45) is 2.02. The number of hydrogen-bond acceptors (Lipinski definition) is 6. The second kappa shape index (κ2) is 7.99. The number of nitrogens with two attached hydrogens (primary N) is 1. The molecule has 2 N–H and O–H groups in total. The highest BCUT2D eigenvalue weighted by Crippen LogP contribution is 2.39. The van der Waals surface area contributed by atoms with E-state index in [1.807, 2.05) is 0 Å². The van der Waals surface area contributed by atoms with Gasteiger partial charge in [0.1, 0.15) is 22.1 Å². The average molecular weight is 413 g/mol. The van der Waals surface area contributed by atoms with Crippen molar-refractivity contribution < 1.29 is 22.3 Å². The number of halogens is 1. The number of nitrogens with zero attached hydrogens (tertiary/aromatic N) is 1. The van der Waals surface area contributed by atoms with Crippen LogP contribution in [0.5, 0.6) is 5.75 Å². The molecule has 1 aromatic rings. The number of hydrogen-bond donors (Lipinski definition) is 1. The molecule has 2 atom stereocenters. The van der Waals surface area contributed by atoms with Gasteiger partial charge in [0.05, 0.1) is 31.1 Å². The van der Waals surface area contributed by atoms with Crippen molar-refractivity contribution in [2.75, 3.05) is 19.8 Å². The van der Waals surface area contributed by atoms with E-state index in [0.717, 1.165) is 12.8 Å². The topological polar surface area (TPSA) is 91.0 Å². The summed E-state index contributed by atoms with van der Waals surface area (Å²) in [5.41, 5.74) is 6.09. The van der Waals surface area contributed by atoms with Crippen molar-refractivity contribution in [1.82, 2.24) is 0 Å². The van der Waals surface area contributed by atoms with Crippen molar-refractivity contribution in [1.29, 1.82) is 0 Å². The molecule has 1 aromatic carbocycles. The lowest BCUT2D eigenvalue weighted by molar-refractivity contribution is 0.0648. The molecule has 1 heterocycles. The first-order chi connectivity index (χ1) is 13.1. The van der Waals surface area contributed by atoms with Crippen LogP contribution in [0, 0.1) is 11.7 Å². The van der Waals surface area contributed by atoms with Crippen molar-refractivity contribution in [2.24, 2.45) is 16.6 Å². The molecular formula is C20H29FN2O4S. The van der Waals surface area contributed by atoms with Crippen LogP contribution in [-0.2, 0) is 14.6 Å². The quantitative estimate of drug-likeness (QED) is 0.821. The fourth-order valence-electron chi connectivity index (χ4n) is 3.26. The SMILES string of the molecule is C[C@H]1C[C@H](c2cc(OCC3CC3)ccc2F)S(=O)(=O)C(C)(C)C(N)=NCCO1. The van der Waals surface area contributed by atoms with Gasteiger partial charge >= 0.3 is 0 Å². The number of rotatable bonds is 4. The average Bonchev–Trinajstić information content (AvgIpc) is 3.46. The van der Waals surface area contributed by atoms with E-state index in [-0.39, 0.29) is 23.9 Å². The van der Waals surface area contributed by atoms with Crippen molar-refractivity contribution >= 4 is 15.7 Å². The largest absolute Gasteiger partial charge is 0.493 e. The van der Waals surface area contributed by atoms with Gasteiger partial charge in [-0.3, -0.25) is 4.99 Å². The van der Waals surface area contributed by atoms with Crippen LogP contribution >= 0.6 is 0 Å². The molecule has 0 spiro atoms. The van der Waals surface area contributed by atoms with E-state index in [4.69, 9.17) is 15.2 Å². The first-order valence-electron chi connectivity index (χ1n) is 9.70. The van der Waals surface area contributed by atoms with Crippen molar-refractivity contribution in [3.63, 3.8) is 0 Å². The summed E-state index contributed by atoms with van der Waals surface area (Å²) in [5, 5.41) is -1.12. The Morgan fingerprint density at radius 1 is 1.36 bits per heavy atom. The minimum absolute atomic E-state index is 0.0113. The minimum atomic E-state index is -3.93. The predicted octanol–water partition coefficient (Wildman–Crippen LogP) is 3.02. The van der Waals surface area contributed by atoms with E-state index in [9.17, 15) is 12.8 Å². The van der Waals surface area contributed by atoms with Crippen LogP contribution in [0.3, 0.4) is 0 Å². The Kier molecular flexibility index (Phi) is 6.00. The van der Waals surface area contributed by atoms with E-state index in [1.165, 1.54) is 32.0 Å². The molecule has 0 unspecified atom stereocenters. The third-order valence-corrected chi connectivity index (χ3v) is 8.35. The molecule has 0 aromatic heterocycles. The Bertz CT molecular complexity index is 850. The zero-order valence-electron chi connectivity index (χ0n) is 16.7. The highest BCUT2D eigenvalue weighted by atomic mass is 32.2. The number of benzene rings is 1. The maximum absolute atomic E-state index is 14.8. The van der Waals surface area contributed by atoms with Gasteiger partial charge in [-0.15, -0.1) is 0 Å². The Morgan fingerprint density at radius 2 is 2.07 bits per heavy atom. The van der Waals surface area contributed by atoms with E-state index in [0.29, 0.717) is 31.4 Å². The van der Waals surface area contributed by atoms with E-state index in [1.54, 1.807) is 6.92 Å². The number of amidine groups is 1. The fraction of sp³-hybridized carbons (Fsp3) is 0.650. The van der Waals surface area contributed by atoms with Crippen LogP contribution in [0.4, 0.5) is 4.39 Å². The standard InChI is InChI=1S/C20H29FN2O4S/c1-13-10-18(28(24,25)20(2,3)19(22)23-8-9-26-13)16-11-15(6-7-17(16)21)27-12-14-4-5-14/h6-7,11,13-14,18H,4-5,8-10,12H2,1-3H3,(H2,22,23)/t13-,18+/m0/s1. The molecule has 3 rings (SSSR count). The van der Waals surface area contributed by atoms with Gasteiger partial charge in [-0.1, -0.05) is 0 Å². The molecule has 6 nitrogen and oxygen atoms in total. The first kappa shape index (κ1) is 21.0. The van der Waals surface area contributed by atoms with Gasteiger partial charge in [-0.05, 0) is 64.2 Å². The van der Waals surface area contributed by atoms with Crippen LogP contribution < -0.4 is 10.5 Å². The van der Waals surface area contributed by atoms with Crippen LogP contribution in [0.1, 0.15) is 50.8 Å². The van der Waals surface area contributed by atoms with Crippen molar-refractivity contribution in [3.05, 3.63) is 29.6 Å². The van der Waals surface area contributed by atoms with E-state index < -0.39 is 25.7 Å².